The molecule has 0 unspecified atom stereocenters. The molecule has 0 spiro atoms. The molecule has 1 saturated carbocycles. The van der Waals surface area contributed by atoms with E-state index in [1.165, 1.54) is 19.0 Å². The Morgan fingerprint density at radius 1 is 1.08 bits per heavy atom. The third-order valence-electron chi connectivity index (χ3n) is 11.2. The number of carbonyl (C=O) groups is 4. The molecule has 1 aromatic carbocycles. The fourth-order valence-corrected chi connectivity index (χ4v) is 9.51. The Kier molecular flexibility index (Phi) is 13.1. The van der Waals surface area contributed by atoms with Crippen molar-refractivity contribution in [1.29, 1.82) is 0 Å². The van der Waals surface area contributed by atoms with E-state index in [0.717, 1.165) is 50.0 Å². The number of carbonyl (C=O) groups excluding carboxylic acids is 4. The second-order valence-electron chi connectivity index (χ2n) is 18.0. The van der Waals surface area contributed by atoms with E-state index in [1.54, 1.807) is 32.1 Å². The first-order valence-electron chi connectivity index (χ1n) is 20.8. The van der Waals surface area contributed by atoms with E-state index in [-0.39, 0.29) is 31.3 Å². The van der Waals surface area contributed by atoms with Crippen molar-refractivity contribution < 1.29 is 37.1 Å². The minimum atomic E-state index is -4.18. The molecule has 0 radical (unpaired) electrons. The average molecular weight is 869 g/mol. The van der Waals surface area contributed by atoms with Gasteiger partial charge in [-0.2, -0.15) is 17.7 Å². The lowest BCUT2D eigenvalue weighted by Crippen LogP contribution is -2.58. The van der Waals surface area contributed by atoms with Crippen molar-refractivity contribution in [1.82, 2.24) is 39.1 Å². The van der Waals surface area contributed by atoms with Gasteiger partial charge in [0.05, 0.1) is 17.8 Å². The van der Waals surface area contributed by atoms with Crippen LogP contribution in [0, 0.1) is 12.8 Å². The van der Waals surface area contributed by atoms with Crippen LogP contribution in [0.4, 0.5) is 4.79 Å². The lowest BCUT2D eigenvalue weighted by molar-refractivity contribution is -0.141. The molecule has 2 aromatic heterocycles. The molecular weight excluding hydrogens is 809 g/mol. The molecule has 4 amide bonds. The van der Waals surface area contributed by atoms with Crippen LogP contribution >= 0.6 is 11.3 Å². The van der Waals surface area contributed by atoms with Crippen LogP contribution in [0.3, 0.4) is 0 Å². The number of ether oxygens (including phenoxy) is 2. The molecule has 2 aliphatic heterocycles. The maximum atomic E-state index is 14.7. The van der Waals surface area contributed by atoms with Gasteiger partial charge >= 0.3 is 16.3 Å². The van der Waals surface area contributed by atoms with Crippen LogP contribution in [0.25, 0.3) is 21.6 Å². The number of rotatable bonds is 9. The molecule has 16 nitrogen and oxygen atoms in total. The summed E-state index contributed by atoms with van der Waals surface area (Å²) in [5.74, 6) is -2.22. The number of fused-ring (bicyclic) bond motifs is 3. The van der Waals surface area contributed by atoms with Crippen molar-refractivity contribution in [2.45, 2.75) is 142 Å². The highest BCUT2D eigenvalue weighted by Gasteiger charge is 2.62. The van der Waals surface area contributed by atoms with Crippen LogP contribution in [0.1, 0.15) is 117 Å². The topological polar surface area (TPSA) is 194 Å². The van der Waals surface area contributed by atoms with Crippen molar-refractivity contribution >= 4 is 56.4 Å². The number of thiazole rings is 1. The number of hydrogen-bond donors (Lipinski definition) is 3. The monoisotopic (exact) mass is 868 g/mol. The van der Waals surface area contributed by atoms with Crippen LogP contribution in [-0.2, 0) is 29.3 Å². The van der Waals surface area contributed by atoms with Crippen molar-refractivity contribution in [3.63, 3.8) is 0 Å². The number of alkyl carbamates (subject to hydrolysis) is 1. The maximum Gasteiger partial charge on any atom is 0.408 e. The van der Waals surface area contributed by atoms with Gasteiger partial charge in [-0.05, 0) is 84.8 Å². The van der Waals surface area contributed by atoms with E-state index in [9.17, 15) is 27.6 Å². The second kappa shape index (κ2) is 17.4. The van der Waals surface area contributed by atoms with E-state index in [1.807, 2.05) is 49.6 Å². The molecule has 3 aromatic rings. The van der Waals surface area contributed by atoms with Gasteiger partial charge in [-0.15, -0.1) is 11.3 Å². The molecule has 1 aliphatic carbocycles. The smallest absolute Gasteiger partial charge is 0.408 e. The zero-order valence-corrected chi connectivity index (χ0v) is 38.0. The number of hydrogen-bond acceptors (Lipinski definition) is 11. The summed E-state index contributed by atoms with van der Waals surface area (Å²) in [7, 11) is -1.58. The highest BCUT2D eigenvalue weighted by molar-refractivity contribution is 7.87. The van der Waals surface area contributed by atoms with Gasteiger partial charge in [0.25, 0.3) is 11.9 Å². The van der Waals surface area contributed by atoms with Gasteiger partial charge in [0.15, 0.2) is 0 Å². The van der Waals surface area contributed by atoms with Crippen LogP contribution in [-0.4, -0.2) is 106 Å². The van der Waals surface area contributed by atoms with Gasteiger partial charge in [-0.25, -0.2) is 14.5 Å². The van der Waals surface area contributed by atoms with E-state index in [2.05, 4.69) is 34.6 Å². The van der Waals surface area contributed by atoms with E-state index in [0.29, 0.717) is 25.3 Å². The predicted octanol–water partition coefficient (Wildman–Crippen LogP) is 5.73. The zero-order valence-electron chi connectivity index (χ0n) is 36.3. The largest absolute Gasteiger partial charge is 0.459 e. The molecule has 3 aliphatic rings. The summed E-state index contributed by atoms with van der Waals surface area (Å²) in [6.45, 7) is 15.5. The third kappa shape index (κ3) is 9.65. The number of benzene rings is 1. The Hall–Kier alpha value is -4.55. The third-order valence-corrected chi connectivity index (χ3v) is 13.5. The van der Waals surface area contributed by atoms with Crippen LogP contribution in [0.5, 0.6) is 6.01 Å². The van der Waals surface area contributed by atoms with Crippen molar-refractivity contribution in [2.75, 3.05) is 20.6 Å². The van der Waals surface area contributed by atoms with Crippen LogP contribution in [0.15, 0.2) is 29.7 Å². The number of allylic oxidation sites excluding steroid dienone is 1. The van der Waals surface area contributed by atoms with Crippen LogP contribution in [0.2, 0.25) is 0 Å². The number of imidazole rings is 1. The van der Waals surface area contributed by atoms with Gasteiger partial charge in [0.2, 0.25) is 11.8 Å². The first kappa shape index (κ1) is 45.0. The number of amides is 4. The van der Waals surface area contributed by atoms with Crippen molar-refractivity contribution in [3.05, 3.63) is 40.9 Å². The Morgan fingerprint density at radius 2 is 1.82 bits per heavy atom. The molecule has 1 saturated heterocycles. The molecule has 60 heavy (non-hydrogen) atoms. The van der Waals surface area contributed by atoms with Crippen molar-refractivity contribution in [2.24, 2.45) is 5.92 Å². The molecule has 4 heterocycles. The highest BCUT2D eigenvalue weighted by atomic mass is 32.2. The molecule has 18 heteroatoms. The first-order chi connectivity index (χ1) is 28.1. The molecule has 2 fully saturated rings. The molecule has 0 bridgehead atoms. The number of aromatic nitrogens is 3. The lowest BCUT2D eigenvalue weighted by atomic mass is 10.0. The van der Waals surface area contributed by atoms with Gasteiger partial charge in [0.1, 0.15) is 39.9 Å². The molecular formula is C42H60N8O8S2. The number of nitrogens with one attached hydrogen (secondary N) is 3. The summed E-state index contributed by atoms with van der Waals surface area (Å²) in [6.07, 6.45) is 5.61. The summed E-state index contributed by atoms with van der Waals surface area (Å²) < 4.78 is 42.9. The van der Waals surface area contributed by atoms with Gasteiger partial charge in [-0.1, -0.05) is 44.9 Å². The molecule has 6 rings (SSSR count). The first-order valence-corrected chi connectivity index (χ1v) is 23.1. The Balaban J connectivity index is 1.37. The van der Waals surface area contributed by atoms with E-state index in [4.69, 9.17) is 19.4 Å². The fraction of sp³-hybridized carbons (Fsp3) is 0.619. The summed E-state index contributed by atoms with van der Waals surface area (Å²) in [6, 6.07) is 2.12. The molecule has 3 N–H and O–H groups in total. The Bertz CT molecular complexity index is 2260. The predicted molar refractivity (Wildman–Crippen MR) is 230 cm³/mol. The van der Waals surface area contributed by atoms with E-state index < -0.39 is 69.3 Å². The van der Waals surface area contributed by atoms with E-state index >= 15 is 0 Å². The fourth-order valence-electron chi connectivity index (χ4n) is 7.82. The standard InChI is InChI=1S/C42H60N8O8S2/c1-24(2)30-23-59-36(43-30)33-26(5)18-19-31-34(33)45-39(50(31)25(3)4)57-28-20-32-35(51)46-42(38(53)47-60(55,56)48(9)10)21-27(42)16-14-12-11-13-15-17-29(37(52)49(32)22-28)44-40(54)58-41(6,7)8/h14,16,18-19,23-25,27-29,32H,11-13,15,17,20-22H2,1-10H3,(H,44,54)(H,46,51)(H,47,53)/b16-14-/t27-,28-,29+,32+,42-/m1/s1. The zero-order chi connectivity index (χ0) is 43.9. The van der Waals surface area contributed by atoms with Gasteiger partial charge < -0.3 is 25.0 Å². The summed E-state index contributed by atoms with van der Waals surface area (Å²) in [4.78, 5) is 67.6. The Labute approximate surface area is 357 Å². The Morgan fingerprint density at radius 3 is 2.47 bits per heavy atom. The maximum absolute atomic E-state index is 14.7. The number of nitrogens with zero attached hydrogens (tertiary/aromatic N) is 5. The lowest BCUT2D eigenvalue weighted by Gasteiger charge is -2.30. The SMILES string of the molecule is Cc1ccc2c(nc(O[C@@H]3C[C@H]4C(=O)N[C@]5(C(=O)NS(=O)(=O)N(C)C)C[C@H]5/C=C\CCCCC[C@H](NC(=O)OC(C)(C)C)C(=O)N4C3)n2C(C)C)c1-c1nc(C(C)C)cs1. The van der Waals surface area contributed by atoms with Crippen molar-refractivity contribution in [3.8, 4) is 16.6 Å². The molecule has 5 atom stereocenters. The minimum absolute atomic E-state index is 0.0294. The summed E-state index contributed by atoms with van der Waals surface area (Å²) in [5, 5.41) is 8.57. The minimum Gasteiger partial charge on any atom is -0.459 e. The summed E-state index contributed by atoms with van der Waals surface area (Å²) >= 11 is 1.56. The average Bonchev–Trinajstić information content (AvgIpc) is 3.49. The quantitative estimate of drug-likeness (QED) is 0.224. The molecule has 328 valence electrons. The van der Waals surface area contributed by atoms with Gasteiger partial charge in [-0.3, -0.25) is 19.0 Å². The number of aryl methyl sites for hydroxylation is 1. The van der Waals surface area contributed by atoms with Crippen LogP contribution < -0.4 is 20.1 Å². The normalized spacial score (nSPS) is 24.7. The highest BCUT2D eigenvalue weighted by Crippen LogP contribution is 2.46. The summed E-state index contributed by atoms with van der Waals surface area (Å²) in [5.41, 5.74) is 2.10. The van der Waals surface area contributed by atoms with Gasteiger partial charge in [0, 0.05) is 43.4 Å². The second-order valence-corrected chi connectivity index (χ2v) is 20.7.